The van der Waals surface area contributed by atoms with Crippen LogP contribution < -0.4 is 9.46 Å². The molecule has 1 aromatic heterocycles. The Morgan fingerprint density at radius 3 is 2.41 bits per heavy atom. The molecule has 0 spiro atoms. The van der Waals surface area contributed by atoms with E-state index in [2.05, 4.69) is 14.9 Å². The number of para-hydroxylation sites is 2. The smallest absolute Gasteiger partial charge is 0.266 e. The number of benzene rings is 2. The highest BCUT2D eigenvalue weighted by Gasteiger charge is 2.20. The van der Waals surface area contributed by atoms with Crippen LogP contribution in [0.2, 0.25) is 0 Å². The van der Waals surface area contributed by atoms with Gasteiger partial charge in [-0.1, -0.05) is 30.3 Å². The van der Waals surface area contributed by atoms with Crippen LogP contribution in [0.4, 0.5) is 5.82 Å². The second-order valence-electron chi connectivity index (χ2n) is 4.44. The van der Waals surface area contributed by atoms with Crippen molar-refractivity contribution in [2.24, 2.45) is 0 Å². The number of ether oxygens (including phenoxy) is 1. The minimum atomic E-state index is -3.78. The summed E-state index contributed by atoms with van der Waals surface area (Å²) in [6.07, 6.45) is 1.46. The largest absolute Gasteiger partial charge is 0.456 e. The summed E-state index contributed by atoms with van der Waals surface area (Å²) >= 11 is 0. The number of hydrogen-bond acceptors (Lipinski definition) is 4. The van der Waals surface area contributed by atoms with Gasteiger partial charge in [0, 0.05) is 6.07 Å². The Bertz CT molecular complexity index is 847. The Labute approximate surface area is 127 Å². The molecule has 2 N–H and O–H groups in total. The molecule has 6 nitrogen and oxygen atoms in total. The number of aromatic amines is 1. The van der Waals surface area contributed by atoms with E-state index in [0.717, 1.165) is 0 Å². The van der Waals surface area contributed by atoms with Crippen LogP contribution in [0.15, 0.2) is 71.8 Å². The first-order valence-corrected chi connectivity index (χ1v) is 7.97. The lowest BCUT2D eigenvalue weighted by molar-refractivity contribution is 0.468. The molecule has 0 unspecified atom stereocenters. The van der Waals surface area contributed by atoms with Gasteiger partial charge in [0.05, 0.1) is 6.20 Å². The van der Waals surface area contributed by atoms with Gasteiger partial charge in [-0.2, -0.15) is 5.10 Å². The van der Waals surface area contributed by atoms with Crippen molar-refractivity contribution in [1.29, 1.82) is 0 Å². The normalized spacial score (nSPS) is 11.1. The highest BCUT2D eigenvalue weighted by molar-refractivity contribution is 7.92. The first-order valence-electron chi connectivity index (χ1n) is 6.49. The van der Waals surface area contributed by atoms with Crippen molar-refractivity contribution < 1.29 is 13.2 Å². The van der Waals surface area contributed by atoms with Crippen LogP contribution in [0.3, 0.4) is 0 Å². The molecule has 0 amide bonds. The average Bonchev–Trinajstić information content (AvgIpc) is 3.01. The first kappa shape index (κ1) is 14.2. The van der Waals surface area contributed by atoms with Crippen molar-refractivity contribution in [1.82, 2.24) is 10.2 Å². The molecule has 0 radical (unpaired) electrons. The summed E-state index contributed by atoms with van der Waals surface area (Å²) in [5.74, 6) is 1.10. The van der Waals surface area contributed by atoms with Gasteiger partial charge in [-0.05, 0) is 24.3 Å². The number of aromatic nitrogens is 2. The van der Waals surface area contributed by atoms with Crippen molar-refractivity contribution in [2.75, 3.05) is 4.72 Å². The lowest BCUT2D eigenvalue weighted by Gasteiger charge is -2.12. The van der Waals surface area contributed by atoms with E-state index in [1.807, 2.05) is 18.2 Å². The van der Waals surface area contributed by atoms with E-state index in [0.29, 0.717) is 5.75 Å². The molecule has 22 heavy (non-hydrogen) atoms. The predicted octanol–water partition coefficient (Wildman–Crippen LogP) is 3.00. The second-order valence-corrected chi connectivity index (χ2v) is 6.09. The molecule has 0 saturated heterocycles. The van der Waals surface area contributed by atoms with Gasteiger partial charge in [-0.3, -0.25) is 9.82 Å². The Morgan fingerprint density at radius 1 is 0.955 bits per heavy atom. The molecule has 0 aliphatic heterocycles. The number of nitrogens with one attached hydrogen (secondary N) is 2. The third-order valence-electron chi connectivity index (χ3n) is 2.85. The highest BCUT2D eigenvalue weighted by atomic mass is 32.2. The molecule has 7 heteroatoms. The zero-order chi connectivity index (χ0) is 15.4. The maximum Gasteiger partial charge on any atom is 0.266 e. The van der Waals surface area contributed by atoms with Gasteiger partial charge >= 0.3 is 0 Å². The fourth-order valence-corrected chi connectivity index (χ4v) is 3.03. The highest BCUT2D eigenvalue weighted by Crippen LogP contribution is 2.29. The van der Waals surface area contributed by atoms with Crippen molar-refractivity contribution in [3.63, 3.8) is 0 Å². The molecule has 3 aromatic rings. The predicted molar refractivity (Wildman–Crippen MR) is 82.4 cm³/mol. The molecule has 0 saturated carbocycles. The molecule has 1 heterocycles. The second kappa shape index (κ2) is 5.90. The van der Waals surface area contributed by atoms with Gasteiger partial charge in [-0.15, -0.1) is 0 Å². The topological polar surface area (TPSA) is 84.1 Å². The number of sulfonamides is 1. The molecular formula is C15H13N3O3S. The number of nitrogens with zero attached hydrogens (tertiary/aromatic N) is 1. The van der Waals surface area contributed by atoms with E-state index in [-0.39, 0.29) is 16.5 Å². The van der Waals surface area contributed by atoms with Crippen molar-refractivity contribution in [3.05, 3.63) is 66.9 Å². The summed E-state index contributed by atoms with van der Waals surface area (Å²) in [4.78, 5) is 0.0495. The molecular weight excluding hydrogens is 302 g/mol. The van der Waals surface area contributed by atoms with Crippen LogP contribution in [0, 0.1) is 0 Å². The van der Waals surface area contributed by atoms with Crippen LogP contribution in [-0.2, 0) is 10.0 Å². The van der Waals surface area contributed by atoms with E-state index in [9.17, 15) is 8.42 Å². The Kier molecular flexibility index (Phi) is 3.80. The Morgan fingerprint density at radius 2 is 1.68 bits per heavy atom. The molecule has 0 atom stereocenters. The molecule has 0 aliphatic carbocycles. The monoisotopic (exact) mass is 315 g/mol. The van der Waals surface area contributed by atoms with E-state index in [1.54, 1.807) is 30.3 Å². The van der Waals surface area contributed by atoms with E-state index in [4.69, 9.17) is 4.74 Å². The lowest BCUT2D eigenvalue weighted by Crippen LogP contribution is -2.14. The van der Waals surface area contributed by atoms with Gasteiger partial charge in [-0.25, -0.2) is 8.42 Å². The van der Waals surface area contributed by atoms with Crippen molar-refractivity contribution in [2.45, 2.75) is 4.90 Å². The summed E-state index contributed by atoms with van der Waals surface area (Å²) in [5, 5.41) is 6.26. The standard InChI is InChI=1S/C15H13N3O3S/c19-22(20,18-15-10-11-16-17-15)14-9-5-4-8-13(14)21-12-6-2-1-3-7-12/h1-11H,(H2,16,17,18). The summed E-state index contributed by atoms with van der Waals surface area (Å²) in [6, 6.07) is 17.0. The SMILES string of the molecule is O=S(=O)(Nc1ccn[nH]1)c1ccccc1Oc1ccccc1. The number of H-pyrrole nitrogens is 1. The number of hydrogen-bond donors (Lipinski definition) is 2. The Hall–Kier alpha value is -2.80. The quantitative estimate of drug-likeness (QED) is 0.758. The zero-order valence-corrected chi connectivity index (χ0v) is 12.2. The van der Waals surface area contributed by atoms with Crippen molar-refractivity contribution in [3.8, 4) is 11.5 Å². The van der Waals surface area contributed by atoms with E-state index in [1.165, 1.54) is 18.3 Å². The average molecular weight is 315 g/mol. The van der Waals surface area contributed by atoms with Gasteiger partial charge < -0.3 is 4.74 Å². The summed E-state index contributed by atoms with van der Waals surface area (Å²) in [5.41, 5.74) is 0. The van der Waals surface area contributed by atoms with Gasteiger partial charge in [0.2, 0.25) is 0 Å². The number of rotatable bonds is 5. The number of anilines is 1. The van der Waals surface area contributed by atoms with Crippen LogP contribution in [0.25, 0.3) is 0 Å². The summed E-state index contributed by atoms with van der Waals surface area (Å²) in [7, 11) is -3.78. The fraction of sp³-hybridized carbons (Fsp3) is 0. The zero-order valence-electron chi connectivity index (χ0n) is 11.4. The first-order chi connectivity index (χ1) is 10.6. The maximum absolute atomic E-state index is 12.5. The molecule has 0 fully saturated rings. The molecule has 0 bridgehead atoms. The summed E-state index contributed by atoms with van der Waals surface area (Å²) < 4.78 is 33.0. The van der Waals surface area contributed by atoms with Gasteiger partial charge in [0.15, 0.2) is 0 Å². The maximum atomic E-state index is 12.5. The molecule has 3 rings (SSSR count). The molecule has 2 aromatic carbocycles. The third kappa shape index (κ3) is 3.09. The van der Waals surface area contributed by atoms with Crippen LogP contribution in [0.5, 0.6) is 11.5 Å². The van der Waals surface area contributed by atoms with Gasteiger partial charge in [0.25, 0.3) is 10.0 Å². The molecule has 0 aliphatic rings. The minimum absolute atomic E-state index is 0.0495. The third-order valence-corrected chi connectivity index (χ3v) is 4.26. The fourth-order valence-electron chi connectivity index (χ4n) is 1.88. The minimum Gasteiger partial charge on any atom is -0.456 e. The van der Waals surface area contributed by atoms with Gasteiger partial charge in [0.1, 0.15) is 22.2 Å². The van der Waals surface area contributed by atoms with E-state index < -0.39 is 10.0 Å². The Balaban J connectivity index is 1.94. The van der Waals surface area contributed by atoms with Crippen molar-refractivity contribution >= 4 is 15.8 Å². The van der Waals surface area contributed by atoms with Crippen LogP contribution in [0.1, 0.15) is 0 Å². The summed E-state index contributed by atoms with van der Waals surface area (Å²) in [6.45, 7) is 0. The lowest BCUT2D eigenvalue weighted by atomic mass is 10.3. The molecule has 112 valence electrons. The van der Waals surface area contributed by atoms with E-state index >= 15 is 0 Å². The van der Waals surface area contributed by atoms with Crippen LogP contribution in [-0.4, -0.2) is 18.6 Å². The van der Waals surface area contributed by atoms with Crippen LogP contribution >= 0.6 is 0 Å².